The summed E-state index contributed by atoms with van der Waals surface area (Å²) in [6, 6.07) is 5.29. The summed E-state index contributed by atoms with van der Waals surface area (Å²) in [6.07, 6.45) is 0.189. The molecule has 0 aliphatic carbocycles. The van der Waals surface area contributed by atoms with Gasteiger partial charge in [-0.15, -0.1) is 0 Å². The van der Waals surface area contributed by atoms with Crippen molar-refractivity contribution in [3.05, 3.63) is 26.8 Å². The molecule has 1 unspecified atom stereocenters. The Morgan fingerprint density at radius 1 is 1.53 bits per heavy atom. The first-order valence-corrected chi connectivity index (χ1v) is 6.49. The minimum atomic E-state index is -0.426. The molecule has 0 saturated carbocycles. The third-order valence-electron chi connectivity index (χ3n) is 2.73. The number of carbonyl (C=O) groups excluding carboxylic acids is 2. The maximum atomic E-state index is 11.8. The molecular weight excluding hydrogens is 354 g/mol. The highest BCUT2D eigenvalue weighted by atomic mass is 127. The summed E-state index contributed by atoms with van der Waals surface area (Å²) in [5.41, 5.74) is 6.00. The van der Waals surface area contributed by atoms with Crippen LogP contribution in [0.4, 0.5) is 5.69 Å². The summed E-state index contributed by atoms with van der Waals surface area (Å²) in [5, 5.41) is 0.622. The van der Waals surface area contributed by atoms with E-state index in [0.717, 1.165) is 9.26 Å². The molecule has 1 aliphatic rings. The van der Waals surface area contributed by atoms with Crippen LogP contribution in [0.15, 0.2) is 18.2 Å². The Kier molecular flexibility index (Phi) is 3.58. The first-order chi connectivity index (χ1) is 7.99. The summed E-state index contributed by atoms with van der Waals surface area (Å²) in [5.74, 6) is -0.896. The normalized spacial score (nSPS) is 19.8. The fraction of sp³-hybridized carbons (Fsp3) is 0.273. The highest BCUT2D eigenvalue weighted by molar-refractivity contribution is 14.1. The van der Waals surface area contributed by atoms with Crippen LogP contribution < -0.4 is 10.6 Å². The monoisotopic (exact) mass is 364 g/mol. The van der Waals surface area contributed by atoms with Crippen molar-refractivity contribution in [3.63, 3.8) is 0 Å². The molecule has 0 spiro atoms. The highest BCUT2D eigenvalue weighted by Gasteiger charge is 2.34. The highest BCUT2D eigenvalue weighted by Crippen LogP contribution is 2.30. The van der Waals surface area contributed by atoms with Gasteiger partial charge in [-0.05, 0) is 40.8 Å². The van der Waals surface area contributed by atoms with Gasteiger partial charge in [0.15, 0.2) is 0 Å². The second-order valence-corrected chi connectivity index (χ2v) is 5.50. The van der Waals surface area contributed by atoms with Crippen molar-refractivity contribution in [1.82, 2.24) is 0 Å². The zero-order chi connectivity index (χ0) is 12.6. The summed E-state index contributed by atoms with van der Waals surface area (Å²) in [4.78, 5) is 24.5. The molecule has 1 aliphatic heterocycles. The van der Waals surface area contributed by atoms with E-state index in [1.165, 1.54) is 0 Å². The largest absolute Gasteiger partial charge is 0.369 e. The van der Waals surface area contributed by atoms with Crippen LogP contribution in [0.3, 0.4) is 0 Å². The number of hydrogen-bond acceptors (Lipinski definition) is 2. The lowest BCUT2D eigenvalue weighted by molar-refractivity contribution is -0.123. The van der Waals surface area contributed by atoms with Crippen LogP contribution in [-0.2, 0) is 9.59 Å². The molecule has 1 fully saturated rings. The van der Waals surface area contributed by atoms with Crippen molar-refractivity contribution in [2.45, 2.75) is 6.42 Å². The van der Waals surface area contributed by atoms with Crippen molar-refractivity contribution >= 4 is 51.7 Å². The predicted octanol–water partition coefficient (Wildman–Crippen LogP) is 1.78. The average molecular weight is 365 g/mol. The molecule has 1 aromatic rings. The van der Waals surface area contributed by atoms with Gasteiger partial charge in [0.1, 0.15) is 0 Å². The Morgan fingerprint density at radius 3 is 2.76 bits per heavy atom. The maximum Gasteiger partial charge on any atom is 0.227 e. The average Bonchev–Trinajstić information content (AvgIpc) is 2.61. The van der Waals surface area contributed by atoms with Gasteiger partial charge < -0.3 is 10.6 Å². The summed E-state index contributed by atoms with van der Waals surface area (Å²) < 4.78 is 0.883. The smallest absolute Gasteiger partial charge is 0.227 e. The molecule has 1 saturated heterocycles. The fourth-order valence-electron chi connectivity index (χ4n) is 1.83. The maximum absolute atomic E-state index is 11.8. The number of carbonyl (C=O) groups is 2. The Balaban J connectivity index is 2.29. The van der Waals surface area contributed by atoms with Crippen molar-refractivity contribution in [2.24, 2.45) is 11.7 Å². The first kappa shape index (κ1) is 12.6. The van der Waals surface area contributed by atoms with E-state index in [9.17, 15) is 9.59 Å². The molecule has 1 heterocycles. The molecular formula is C11H10ClIN2O2. The Morgan fingerprint density at radius 2 is 2.24 bits per heavy atom. The van der Waals surface area contributed by atoms with Crippen molar-refractivity contribution < 1.29 is 9.59 Å². The van der Waals surface area contributed by atoms with Crippen molar-refractivity contribution in [3.8, 4) is 0 Å². The van der Waals surface area contributed by atoms with Crippen molar-refractivity contribution in [2.75, 3.05) is 11.4 Å². The minimum Gasteiger partial charge on any atom is -0.369 e. The lowest BCUT2D eigenvalue weighted by Crippen LogP contribution is -2.28. The van der Waals surface area contributed by atoms with E-state index in [1.54, 1.807) is 23.1 Å². The van der Waals surface area contributed by atoms with E-state index in [4.69, 9.17) is 17.3 Å². The van der Waals surface area contributed by atoms with E-state index >= 15 is 0 Å². The van der Waals surface area contributed by atoms with Crippen LogP contribution in [0.5, 0.6) is 0 Å². The van der Waals surface area contributed by atoms with Gasteiger partial charge in [-0.2, -0.15) is 0 Å². The van der Waals surface area contributed by atoms with E-state index in [-0.39, 0.29) is 12.3 Å². The van der Waals surface area contributed by atoms with E-state index in [0.29, 0.717) is 11.6 Å². The van der Waals surface area contributed by atoms with Gasteiger partial charge >= 0.3 is 0 Å². The number of hydrogen-bond donors (Lipinski definition) is 1. The molecule has 0 aromatic heterocycles. The summed E-state index contributed by atoms with van der Waals surface area (Å²) in [7, 11) is 0. The SMILES string of the molecule is NC(=O)C1CC(=O)N(c2ccc(Cl)cc2I)C1. The third kappa shape index (κ3) is 2.55. The number of anilines is 1. The number of halogens is 2. The van der Waals surface area contributed by atoms with Crippen LogP contribution in [0, 0.1) is 9.49 Å². The number of amides is 2. The molecule has 4 nitrogen and oxygen atoms in total. The van der Waals surface area contributed by atoms with E-state index in [2.05, 4.69) is 22.6 Å². The minimum absolute atomic E-state index is 0.0750. The number of nitrogens with two attached hydrogens (primary N) is 1. The van der Waals surface area contributed by atoms with Crippen LogP contribution >= 0.6 is 34.2 Å². The van der Waals surface area contributed by atoms with Crippen LogP contribution in [-0.4, -0.2) is 18.4 Å². The third-order valence-corrected chi connectivity index (χ3v) is 3.83. The van der Waals surface area contributed by atoms with Gasteiger partial charge in [-0.3, -0.25) is 9.59 Å². The number of rotatable bonds is 2. The van der Waals surface area contributed by atoms with Crippen molar-refractivity contribution in [1.29, 1.82) is 0 Å². The Hall–Kier alpha value is -0.820. The van der Waals surface area contributed by atoms with Gasteiger partial charge in [0.2, 0.25) is 11.8 Å². The van der Waals surface area contributed by atoms with Crippen LogP contribution in [0.25, 0.3) is 0 Å². The quantitative estimate of drug-likeness (QED) is 0.813. The van der Waals surface area contributed by atoms with Gasteiger partial charge in [-0.25, -0.2) is 0 Å². The molecule has 0 radical (unpaired) electrons. The van der Waals surface area contributed by atoms with Crippen LogP contribution in [0.2, 0.25) is 5.02 Å². The molecule has 2 amide bonds. The lowest BCUT2D eigenvalue weighted by atomic mass is 10.1. The summed E-state index contributed by atoms with van der Waals surface area (Å²) in [6.45, 7) is 0.353. The predicted molar refractivity (Wildman–Crippen MR) is 73.8 cm³/mol. The molecule has 1 atom stereocenters. The molecule has 2 N–H and O–H groups in total. The Labute approximate surface area is 117 Å². The second-order valence-electron chi connectivity index (χ2n) is 3.90. The molecule has 1 aromatic carbocycles. The van der Waals surface area contributed by atoms with Crippen LogP contribution in [0.1, 0.15) is 6.42 Å². The molecule has 17 heavy (non-hydrogen) atoms. The van der Waals surface area contributed by atoms with Gasteiger partial charge in [0, 0.05) is 21.6 Å². The Bertz CT molecular complexity index is 492. The lowest BCUT2D eigenvalue weighted by Gasteiger charge is -2.18. The zero-order valence-electron chi connectivity index (χ0n) is 8.82. The molecule has 6 heteroatoms. The second kappa shape index (κ2) is 4.81. The van der Waals surface area contributed by atoms with E-state index in [1.807, 2.05) is 0 Å². The van der Waals surface area contributed by atoms with Gasteiger partial charge in [-0.1, -0.05) is 11.6 Å². The molecule has 90 valence electrons. The topological polar surface area (TPSA) is 63.4 Å². The number of benzene rings is 1. The van der Waals surface area contributed by atoms with Gasteiger partial charge in [0.25, 0.3) is 0 Å². The summed E-state index contributed by atoms with van der Waals surface area (Å²) >= 11 is 7.97. The van der Waals surface area contributed by atoms with Gasteiger partial charge in [0.05, 0.1) is 11.6 Å². The standard InChI is InChI=1S/C11H10ClIN2O2/c12-7-1-2-9(8(13)4-7)15-5-6(11(14)17)3-10(15)16/h1-2,4,6H,3,5H2,(H2,14,17). The zero-order valence-corrected chi connectivity index (χ0v) is 11.7. The fourth-order valence-corrected chi connectivity index (χ4v) is 2.99. The van der Waals surface area contributed by atoms with E-state index < -0.39 is 11.8 Å². The molecule has 2 rings (SSSR count). The first-order valence-electron chi connectivity index (χ1n) is 5.04. The molecule has 0 bridgehead atoms. The number of nitrogens with zero attached hydrogens (tertiary/aromatic N) is 1. The number of primary amides is 1.